The third-order valence-electron chi connectivity index (χ3n) is 4.61. The van der Waals surface area contributed by atoms with Crippen LogP contribution in [0.25, 0.3) is 6.08 Å². The summed E-state index contributed by atoms with van der Waals surface area (Å²) in [4.78, 5) is 13.4. The van der Waals surface area contributed by atoms with Gasteiger partial charge >= 0.3 is 0 Å². The summed E-state index contributed by atoms with van der Waals surface area (Å²) in [6.07, 6.45) is 6.75. The average Bonchev–Trinajstić information content (AvgIpc) is 3.24. The van der Waals surface area contributed by atoms with Crippen LogP contribution in [0.4, 0.5) is 0 Å². The fraction of sp³-hybridized carbons (Fsp3) is 0.286. The number of amides is 1. The van der Waals surface area contributed by atoms with Crippen LogP contribution < -0.4 is 10.1 Å². The zero-order valence-corrected chi connectivity index (χ0v) is 14.9. The van der Waals surface area contributed by atoms with E-state index in [-0.39, 0.29) is 10.7 Å². The van der Waals surface area contributed by atoms with E-state index in [1.165, 1.54) is 10.5 Å². The highest BCUT2D eigenvalue weighted by Gasteiger charge is 2.43. The predicted octanol–water partition coefficient (Wildman–Crippen LogP) is 4.08. The molecule has 2 aromatic rings. The van der Waals surface area contributed by atoms with Crippen LogP contribution in [-0.2, 0) is 11.2 Å². The summed E-state index contributed by atoms with van der Waals surface area (Å²) >= 11 is 1.87. The van der Waals surface area contributed by atoms with E-state index in [2.05, 4.69) is 35.6 Å². The fourth-order valence-electron chi connectivity index (χ4n) is 2.98. The fourth-order valence-corrected chi connectivity index (χ4v) is 4.23. The van der Waals surface area contributed by atoms with Crippen molar-refractivity contribution in [2.45, 2.75) is 28.9 Å². The Hall–Kier alpha value is -2.20. The summed E-state index contributed by atoms with van der Waals surface area (Å²) < 4.78 is 5.68. The van der Waals surface area contributed by atoms with Crippen LogP contribution in [0.1, 0.15) is 24.0 Å². The molecule has 128 valence electrons. The lowest BCUT2D eigenvalue weighted by atomic mass is 10.1. The number of hydrogen-bond acceptors (Lipinski definition) is 3. The molecule has 0 unspecified atom stereocenters. The van der Waals surface area contributed by atoms with Gasteiger partial charge in [0.05, 0.1) is 6.61 Å². The van der Waals surface area contributed by atoms with Crippen molar-refractivity contribution in [2.24, 2.45) is 0 Å². The third kappa shape index (κ3) is 4.07. The number of rotatable bonds is 6. The first-order chi connectivity index (χ1) is 12.2. The third-order valence-corrected chi connectivity index (χ3v) is 6.10. The van der Waals surface area contributed by atoms with E-state index >= 15 is 0 Å². The van der Waals surface area contributed by atoms with Gasteiger partial charge in [0.25, 0.3) is 0 Å². The topological polar surface area (TPSA) is 38.3 Å². The molecule has 1 saturated carbocycles. The lowest BCUT2D eigenvalue weighted by Crippen LogP contribution is -2.30. The molecule has 0 atom stereocenters. The van der Waals surface area contributed by atoms with Crippen LogP contribution in [0.15, 0.2) is 59.5 Å². The second kappa shape index (κ2) is 6.96. The standard InChI is InChI=1S/C21H21NO2S/c23-20(9-7-16-6-8-19-17(14-16)10-13-24-19)22-15-21(11-12-21)25-18-4-2-1-3-5-18/h1-9,14H,10-13,15H2,(H,22,23)/b9-7+. The van der Waals surface area contributed by atoms with Crippen LogP contribution in [0.3, 0.4) is 0 Å². The van der Waals surface area contributed by atoms with Crippen molar-refractivity contribution in [1.29, 1.82) is 0 Å². The predicted molar refractivity (Wildman–Crippen MR) is 102 cm³/mol. The minimum atomic E-state index is -0.0308. The minimum absolute atomic E-state index is 0.0308. The lowest BCUT2D eigenvalue weighted by Gasteiger charge is -2.15. The van der Waals surface area contributed by atoms with Gasteiger partial charge in [0.1, 0.15) is 5.75 Å². The van der Waals surface area contributed by atoms with Crippen molar-refractivity contribution in [3.63, 3.8) is 0 Å². The van der Waals surface area contributed by atoms with E-state index in [9.17, 15) is 4.79 Å². The van der Waals surface area contributed by atoms with Gasteiger partial charge in [-0.05, 0) is 54.3 Å². The van der Waals surface area contributed by atoms with Gasteiger partial charge in [0.15, 0.2) is 0 Å². The minimum Gasteiger partial charge on any atom is -0.493 e. The number of hydrogen-bond donors (Lipinski definition) is 1. The van der Waals surface area contributed by atoms with Crippen LogP contribution >= 0.6 is 11.8 Å². The van der Waals surface area contributed by atoms with E-state index < -0.39 is 0 Å². The first-order valence-electron chi connectivity index (χ1n) is 8.68. The van der Waals surface area contributed by atoms with Gasteiger partial charge in [-0.25, -0.2) is 0 Å². The maximum absolute atomic E-state index is 12.1. The molecule has 4 rings (SSSR count). The molecule has 1 aliphatic heterocycles. The van der Waals surface area contributed by atoms with Crippen molar-refractivity contribution in [3.05, 3.63) is 65.7 Å². The van der Waals surface area contributed by atoms with E-state index in [0.29, 0.717) is 6.54 Å². The maximum Gasteiger partial charge on any atom is 0.244 e. The van der Waals surface area contributed by atoms with E-state index in [1.54, 1.807) is 6.08 Å². The van der Waals surface area contributed by atoms with Crippen LogP contribution in [0.5, 0.6) is 5.75 Å². The van der Waals surface area contributed by atoms with E-state index in [0.717, 1.165) is 37.2 Å². The number of carbonyl (C=O) groups is 1. The second-order valence-electron chi connectivity index (χ2n) is 6.61. The zero-order chi connectivity index (χ0) is 17.1. The average molecular weight is 351 g/mol. The Labute approximate surface area is 152 Å². The molecule has 1 fully saturated rings. The van der Waals surface area contributed by atoms with Crippen molar-refractivity contribution in [3.8, 4) is 5.75 Å². The summed E-state index contributed by atoms with van der Waals surface area (Å²) in [6.45, 7) is 1.47. The molecule has 1 aliphatic carbocycles. The zero-order valence-electron chi connectivity index (χ0n) is 14.0. The highest BCUT2D eigenvalue weighted by Crippen LogP contribution is 2.51. The number of ether oxygens (including phenoxy) is 1. The SMILES string of the molecule is O=C(/C=C/c1ccc2c(c1)CCO2)NCC1(Sc2ccccc2)CC1. The molecule has 0 spiro atoms. The Morgan fingerprint density at radius 1 is 1.20 bits per heavy atom. The van der Waals surface area contributed by atoms with Crippen molar-refractivity contribution < 1.29 is 9.53 Å². The molecule has 25 heavy (non-hydrogen) atoms. The summed E-state index contributed by atoms with van der Waals surface area (Å²) in [5.41, 5.74) is 2.26. The van der Waals surface area contributed by atoms with Gasteiger partial charge in [-0.3, -0.25) is 4.79 Å². The molecule has 1 amide bonds. The Bertz CT molecular complexity index is 797. The largest absolute Gasteiger partial charge is 0.493 e. The summed E-state index contributed by atoms with van der Waals surface area (Å²) in [7, 11) is 0. The Morgan fingerprint density at radius 3 is 2.84 bits per heavy atom. The summed E-state index contributed by atoms with van der Waals surface area (Å²) in [5, 5.41) is 3.06. The normalized spacial score (nSPS) is 17.1. The van der Waals surface area contributed by atoms with Crippen molar-refractivity contribution in [1.82, 2.24) is 5.32 Å². The second-order valence-corrected chi connectivity index (χ2v) is 8.16. The van der Waals surface area contributed by atoms with Crippen LogP contribution in [0.2, 0.25) is 0 Å². The molecule has 0 saturated heterocycles. The first kappa shape index (κ1) is 16.3. The van der Waals surface area contributed by atoms with Crippen molar-refractivity contribution >= 4 is 23.7 Å². The smallest absolute Gasteiger partial charge is 0.244 e. The molecule has 3 nitrogen and oxygen atoms in total. The number of benzene rings is 2. The van der Waals surface area contributed by atoms with Gasteiger partial charge in [-0.2, -0.15) is 0 Å². The molecule has 0 radical (unpaired) electrons. The Morgan fingerprint density at radius 2 is 2.04 bits per heavy atom. The maximum atomic E-state index is 12.1. The van der Waals surface area contributed by atoms with Gasteiger partial charge in [0.2, 0.25) is 5.91 Å². The first-order valence-corrected chi connectivity index (χ1v) is 9.50. The number of nitrogens with one attached hydrogen (secondary N) is 1. The quantitative estimate of drug-likeness (QED) is 0.797. The van der Waals surface area contributed by atoms with Crippen LogP contribution in [0, 0.1) is 0 Å². The highest BCUT2D eigenvalue weighted by atomic mass is 32.2. The Kier molecular flexibility index (Phi) is 4.53. The van der Waals surface area contributed by atoms with Crippen LogP contribution in [-0.4, -0.2) is 23.8 Å². The molecule has 1 N–H and O–H groups in total. The molecule has 0 aromatic heterocycles. The van der Waals surface area contributed by atoms with Gasteiger partial charge in [-0.15, -0.1) is 11.8 Å². The monoisotopic (exact) mass is 351 g/mol. The molecular formula is C21H21NO2S. The summed E-state index contributed by atoms with van der Waals surface area (Å²) in [5.74, 6) is 0.937. The summed E-state index contributed by atoms with van der Waals surface area (Å²) in [6, 6.07) is 16.5. The van der Waals surface area contributed by atoms with Crippen molar-refractivity contribution in [2.75, 3.05) is 13.2 Å². The molecule has 2 aromatic carbocycles. The molecule has 0 bridgehead atoms. The molecule has 2 aliphatic rings. The van der Waals surface area contributed by atoms with Gasteiger partial charge < -0.3 is 10.1 Å². The Balaban J connectivity index is 1.30. The van der Waals surface area contributed by atoms with E-state index in [4.69, 9.17) is 4.74 Å². The molecular weight excluding hydrogens is 330 g/mol. The number of carbonyl (C=O) groups excluding carboxylic acids is 1. The number of fused-ring (bicyclic) bond motifs is 1. The van der Waals surface area contributed by atoms with Gasteiger partial charge in [-0.1, -0.05) is 24.3 Å². The highest BCUT2D eigenvalue weighted by molar-refractivity contribution is 8.01. The lowest BCUT2D eigenvalue weighted by molar-refractivity contribution is -0.116. The molecule has 4 heteroatoms. The van der Waals surface area contributed by atoms with E-state index in [1.807, 2.05) is 36.0 Å². The molecule has 1 heterocycles. The number of thioether (sulfide) groups is 1. The van der Waals surface area contributed by atoms with Gasteiger partial charge in [0, 0.05) is 28.7 Å².